The van der Waals surface area contributed by atoms with Crippen molar-refractivity contribution in [2.45, 2.75) is 31.2 Å². The Morgan fingerprint density at radius 2 is 1.97 bits per heavy atom. The van der Waals surface area contributed by atoms with Gasteiger partial charge in [0.15, 0.2) is 0 Å². The zero-order valence-corrected chi connectivity index (χ0v) is 19.0. The highest BCUT2D eigenvalue weighted by molar-refractivity contribution is 7.89. The molecule has 1 unspecified atom stereocenters. The molecule has 1 aliphatic rings. The first-order chi connectivity index (χ1) is 14.9. The van der Waals surface area contributed by atoms with Crippen LogP contribution in [0.1, 0.15) is 29.4 Å². The van der Waals surface area contributed by atoms with E-state index in [2.05, 4.69) is 45.4 Å². The summed E-state index contributed by atoms with van der Waals surface area (Å²) in [6, 6.07) is 16.3. The second kappa shape index (κ2) is 8.75. The van der Waals surface area contributed by atoms with Crippen LogP contribution >= 0.6 is 11.5 Å². The number of piperazine rings is 1. The van der Waals surface area contributed by atoms with E-state index in [1.165, 1.54) is 39.1 Å². The van der Waals surface area contributed by atoms with Crippen LogP contribution < -0.4 is 4.90 Å². The van der Waals surface area contributed by atoms with Crippen LogP contribution in [-0.2, 0) is 16.4 Å². The lowest BCUT2D eigenvalue weighted by atomic mass is 10.1. The number of anilines is 1. The van der Waals surface area contributed by atoms with Crippen LogP contribution in [0.2, 0.25) is 0 Å². The molecule has 1 aromatic heterocycles. The van der Waals surface area contributed by atoms with Gasteiger partial charge in [-0.05, 0) is 37.6 Å². The van der Waals surface area contributed by atoms with Gasteiger partial charge in [0.1, 0.15) is 5.82 Å². The van der Waals surface area contributed by atoms with Gasteiger partial charge in [0, 0.05) is 43.6 Å². The fourth-order valence-corrected chi connectivity index (χ4v) is 6.05. The minimum atomic E-state index is -3.67. The molecule has 0 amide bonds. The Kier molecular flexibility index (Phi) is 6.05. The van der Waals surface area contributed by atoms with Gasteiger partial charge in [0.25, 0.3) is 0 Å². The second-order valence-corrected chi connectivity index (χ2v) is 10.3. The van der Waals surface area contributed by atoms with E-state index < -0.39 is 10.0 Å². The summed E-state index contributed by atoms with van der Waals surface area (Å²) in [5.41, 5.74) is 2.72. The Morgan fingerprint density at radius 1 is 1.19 bits per heavy atom. The molecule has 2 heterocycles. The number of sulfonamides is 1. The van der Waals surface area contributed by atoms with Gasteiger partial charge in [-0.3, -0.25) is 0 Å². The molecule has 0 bridgehead atoms. The maximum atomic E-state index is 13.1. The molecule has 160 valence electrons. The zero-order chi connectivity index (χ0) is 22.0. The number of aryl methyl sites for hydroxylation is 1. The molecule has 31 heavy (non-hydrogen) atoms. The van der Waals surface area contributed by atoms with Crippen LogP contribution in [0.5, 0.6) is 0 Å². The zero-order valence-electron chi connectivity index (χ0n) is 17.4. The van der Waals surface area contributed by atoms with E-state index in [-0.39, 0.29) is 10.9 Å². The van der Waals surface area contributed by atoms with Crippen molar-refractivity contribution in [3.05, 3.63) is 71.0 Å². The minimum absolute atomic E-state index is 0.156. The lowest BCUT2D eigenvalue weighted by Gasteiger charge is -2.38. The average molecular weight is 454 g/mol. The van der Waals surface area contributed by atoms with Gasteiger partial charge in [0.2, 0.25) is 15.2 Å². The van der Waals surface area contributed by atoms with Crippen LogP contribution in [0.25, 0.3) is 0 Å². The van der Waals surface area contributed by atoms with Crippen molar-refractivity contribution in [2.75, 3.05) is 24.5 Å². The largest absolute Gasteiger partial charge is 0.344 e. The molecule has 0 saturated carbocycles. The van der Waals surface area contributed by atoms with E-state index in [4.69, 9.17) is 5.26 Å². The first-order valence-electron chi connectivity index (χ1n) is 10.0. The molecule has 3 aromatic rings. The van der Waals surface area contributed by atoms with Crippen molar-refractivity contribution in [2.24, 2.45) is 0 Å². The smallest absolute Gasteiger partial charge is 0.243 e. The van der Waals surface area contributed by atoms with Gasteiger partial charge in [-0.2, -0.15) is 13.9 Å². The van der Waals surface area contributed by atoms with Crippen LogP contribution in [0.15, 0.2) is 53.4 Å². The van der Waals surface area contributed by atoms with Crippen molar-refractivity contribution in [3.63, 3.8) is 0 Å². The van der Waals surface area contributed by atoms with Gasteiger partial charge in [0.05, 0.1) is 16.5 Å². The molecular weight excluding hydrogens is 430 g/mol. The Morgan fingerprint density at radius 3 is 2.68 bits per heavy atom. The fourth-order valence-electron chi connectivity index (χ4n) is 3.67. The molecule has 0 spiro atoms. The number of nitriles is 1. The maximum Gasteiger partial charge on any atom is 0.243 e. The predicted octanol–water partition coefficient (Wildman–Crippen LogP) is 3.21. The summed E-state index contributed by atoms with van der Waals surface area (Å²) < 4.78 is 32.2. The number of aromatic nitrogens is 2. The maximum absolute atomic E-state index is 13.1. The number of benzene rings is 2. The third-order valence-electron chi connectivity index (χ3n) is 5.35. The van der Waals surface area contributed by atoms with Gasteiger partial charge in [-0.25, -0.2) is 13.4 Å². The molecule has 2 aromatic carbocycles. The minimum Gasteiger partial charge on any atom is -0.344 e. The molecule has 4 rings (SSSR count). The van der Waals surface area contributed by atoms with Crippen molar-refractivity contribution in [1.82, 2.24) is 13.7 Å². The lowest BCUT2D eigenvalue weighted by Crippen LogP contribution is -2.54. The third kappa shape index (κ3) is 4.61. The SMILES string of the molecule is Cc1ccc(Cc2nsc(N3CCN(S(=O)(=O)c4cccc(C#N)c4)C(C)C3)n2)cc1. The molecule has 1 atom stereocenters. The first-order valence-corrected chi connectivity index (χ1v) is 12.2. The molecule has 7 nitrogen and oxygen atoms in total. The summed E-state index contributed by atoms with van der Waals surface area (Å²) in [5, 5.41) is 9.90. The van der Waals surface area contributed by atoms with E-state index in [9.17, 15) is 8.42 Å². The Hall–Kier alpha value is -2.80. The number of nitrogens with zero attached hydrogens (tertiary/aromatic N) is 5. The first kappa shape index (κ1) is 21.4. The average Bonchev–Trinajstić information content (AvgIpc) is 3.23. The molecule has 1 aliphatic heterocycles. The van der Waals surface area contributed by atoms with E-state index in [0.717, 1.165) is 11.0 Å². The molecule has 0 aliphatic carbocycles. The number of rotatable bonds is 5. The fraction of sp³-hybridized carbons (Fsp3) is 0.318. The highest BCUT2D eigenvalue weighted by Crippen LogP contribution is 2.26. The van der Waals surface area contributed by atoms with Crippen LogP contribution in [0, 0.1) is 18.3 Å². The summed E-state index contributed by atoms with van der Waals surface area (Å²) in [5.74, 6) is 0.778. The standard InChI is InChI=1S/C22H23N5O2S2/c1-16-6-8-18(9-7-16)13-21-24-22(30-25-21)26-10-11-27(17(2)15-26)31(28,29)20-5-3-4-19(12-20)14-23/h3-9,12,17H,10-11,13,15H2,1-2H3. The van der Waals surface area contributed by atoms with Gasteiger partial charge < -0.3 is 4.90 Å². The molecule has 9 heteroatoms. The van der Waals surface area contributed by atoms with Crippen LogP contribution in [0.4, 0.5) is 5.13 Å². The molecule has 1 fully saturated rings. The highest BCUT2D eigenvalue weighted by Gasteiger charge is 2.34. The summed E-state index contributed by atoms with van der Waals surface area (Å²) in [7, 11) is -3.67. The Bertz CT molecular complexity index is 1220. The lowest BCUT2D eigenvalue weighted by molar-refractivity contribution is 0.306. The Balaban J connectivity index is 1.45. The van der Waals surface area contributed by atoms with Gasteiger partial charge in [-0.1, -0.05) is 35.9 Å². The van der Waals surface area contributed by atoms with Crippen molar-refractivity contribution < 1.29 is 8.42 Å². The Labute approximate surface area is 186 Å². The van der Waals surface area contributed by atoms with Gasteiger partial charge >= 0.3 is 0 Å². The summed E-state index contributed by atoms with van der Waals surface area (Å²) in [6.45, 7) is 5.39. The molecule has 1 saturated heterocycles. The molecule has 0 radical (unpaired) electrons. The van der Waals surface area contributed by atoms with Crippen LogP contribution in [0.3, 0.4) is 0 Å². The van der Waals surface area contributed by atoms with E-state index >= 15 is 0 Å². The predicted molar refractivity (Wildman–Crippen MR) is 121 cm³/mol. The third-order valence-corrected chi connectivity index (χ3v) is 8.17. The monoisotopic (exact) mass is 453 g/mol. The highest BCUT2D eigenvalue weighted by atomic mass is 32.2. The van der Waals surface area contributed by atoms with Crippen molar-refractivity contribution in [1.29, 1.82) is 5.26 Å². The molecule has 0 N–H and O–H groups in total. The van der Waals surface area contributed by atoms with E-state index in [0.29, 0.717) is 31.6 Å². The van der Waals surface area contributed by atoms with E-state index in [1.54, 1.807) is 12.1 Å². The normalized spacial score (nSPS) is 17.5. The number of hydrogen-bond acceptors (Lipinski definition) is 7. The van der Waals surface area contributed by atoms with Crippen molar-refractivity contribution >= 4 is 26.7 Å². The summed E-state index contributed by atoms with van der Waals surface area (Å²) in [6.07, 6.45) is 0.676. The summed E-state index contributed by atoms with van der Waals surface area (Å²) >= 11 is 1.35. The summed E-state index contributed by atoms with van der Waals surface area (Å²) in [4.78, 5) is 6.94. The topological polar surface area (TPSA) is 90.2 Å². The quantitative estimate of drug-likeness (QED) is 0.589. The molecular formula is C22H23N5O2S2. The van der Waals surface area contributed by atoms with Crippen molar-refractivity contribution in [3.8, 4) is 6.07 Å². The second-order valence-electron chi connectivity index (χ2n) is 7.71. The van der Waals surface area contributed by atoms with E-state index in [1.807, 2.05) is 13.0 Å². The van der Waals surface area contributed by atoms with Gasteiger partial charge in [-0.15, -0.1) is 0 Å². The number of hydrogen-bond donors (Lipinski definition) is 0. The van der Waals surface area contributed by atoms with Crippen LogP contribution in [-0.4, -0.2) is 47.8 Å².